The van der Waals surface area contributed by atoms with E-state index >= 15 is 0 Å². The maximum absolute atomic E-state index is 14.3. The van der Waals surface area contributed by atoms with Gasteiger partial charge in [-0.05, 0) is 29.8 Å². The molecule has 156 valence electrons. The first kappa shape index (κ1) is 20.0. The van der Waals surface area contributed by atoms with E-state index in [2.05, 4.69) is 15.3 Å². The zero-order chi connectivity index (χ0) is 21.1. The molecule has 3 aromatic rings. The van der Waals surface area contributed by atoms with Crippen molar-refractivity contribution in [2.45, 2.75) is 6.54 Å². The van der Waals surface area contributed by atoms with E-state index < -0.39 is 9.84 Å². The van der Waals surface area contributed by atoms with Crippen molar-refractivity contribution >= 4 is 21.6 Å². The molecule has 0 bridgehead atoms. The van der Waals surface area contributed by atoms with Gasteiger partial charge in [0.05, 0.1) is 29.1 Å². The average Bonchev–Trinajstić information content (AvgIpc) is 3.27. The number of hydrogen-bond donors (Lipinski definition) is 1. The van der Waals surface area contributed by atoms with E-state index in [9.17, 15) is 17.6 Å². The van der Waals surface area contributed by atoms with Crippen molar-refractivity contribution in [3.05, 3.63) is 72.2 Å². The number of amides is 1. The fourth-order valence-corrected chi connectivity index (χ4v) is 4.39. The lowest BCUT2D eigenvalue weighted by atomic mass is 10.2. The molecule has 30 heavy (non-hydrogen) atoms. The van der Waals surface area contributed by atoms with Crippen LogP contribution in [0.15, 0.2) is 55.2 Å². The van der Waals surface area contributed by atoms with Crippen LogP contribution in [0.2, 0.25) is 0 Å². The lowest BCUT2D eigenvalue weighted by molar-refractivity contribution is 0.0770. The van der Waals surface area contributed by atoms with Gasteiger partial charge in [0, 0.05) is 38.2 Å². The zero-order valence-corrected chi connectivity index (χ0v) is 16.8. The Kier molecular flexibility index (Phi) is 5.49. The Labute approximate surface area is 173 Å². The molecule has 0 saturated carbocycles. The minimum Gasteiger partial charge on any atom is -0.366 e. The van der Waals surface area contributed by atoms with Crippen LogP contribution in [0.3, 0.4) is 0 Å². The molecular formula is C20H20FN5O3S. The lowest BCUT2D eigenvalue weighted by Crippen LogP contribution is -2.43. The molecule has 8 nitrogen and oxygen atoms in total. The van der Waals surface area contributed by atoms with Gasteiger partial charge in [0.1, 0.15) is 11.6 Å². The highest BCUT2D eigenvalue weighted by Crippen LogP contribution is 2.16. The number of sulfone groups is 1. The van der Waals surface area contributed by atoms with Gasteiger partial charge in [0.15, 0.2) is 9.84 Å². The highest BCUT2D eigenvalue weighted by molar-refractivity contribution is 7.91. The maximum Gasteiger partial charge on any atom is 0.255 e. The van der Waals surface area contributed by atoms with Crippen LogP contribution in [0.5, 0.6) is 0 Å². The number of rotatable bonds is 5. The predicted molar refractivity (Wildman–Crippen MR) is 110 cm³/mol. The van der Waals surface area contributed by atoms with E-state index in [0.29, 0.717) is 23.6 Å². The van der Waals surface area contributed by atoms with Gasteiger partial charge < -0.3 is 14.8 Å². The largest absolute Gasteiger partial charge is 0.366 e. The number of pyridine rings is 1. The molecule has 1 N–H and O–H groups in total. The highest BCUT2D eigenvalue weighted by Gasteiger charge is 2.25. The second-order valence-electron chi connectivity index (χ2n) is 6.99. The van der Waals surface area contributed by atoms with Crippen LogP contribution >= 0.6 is 0 Å². The normalized spacial score (nSPS) is 15.7. The van der Waals surface area contributed by atoms with Gasteiger partial charge in [-0.25, -0.2) is 22.8 Å². The number of carbonyl (C=O) groups excluding carboxylic acids is 1. The number of nitrogens with one attached hydrogen (secondary N) is 1. The summed E-state index contributed by atoms with van der Waals surface area (Å²) in [7, 11) is -3.04. The smallest absolute Gasteiger partial charge is 0.255 e. The second kappa shape index (κ2) is 8.23. The molecule has 2 aromatic heterocycles. The van der Waals surface area contributed by atoms with Crippen LogP contribution in [-0.2, 0) is 16.4 Å². The van der Waals surface area contributed by atoms with Crippen molar-refractivity contribution < 1.29 is 17.6 Å². The van der Waals surface area contributed by atoms with Crippen LogP contribution in [0.4, 0.5) is 10.2 Å². The Morgan fingerprint density at radius 2 is 1.97 bits per heavy atom. The zero-order valence-electron chi connectivity index (χ0n) is 16.0. The number of anilines is 1. The number of hydrogen-bond acceptors (Lipinski definition) is 6. The van der Waals surface area contributed by atoms with Crippen molar-refractivity contribution in [3.63, 3.8) is 0 Å². The van der Waals surface area contributed by atoms with Crippen molar-refractivity contribution in [2.75, 3.05) is 29.9 Å². The van der Waals surface area contributed by atoms with Crippen LogP contribution in [-0.4, -0.2) is 58.4 Å². The van der Waals surface area contributed by atoms with E-state index in [1.54, 1.807) is 35.2 Å². The summed E-state index contributed by atoms with van der Waals surface area (Å²) in [5.74, 6) is -0.0676. The number of nitrogens with zero attached hydrogens (tertiary/aromatic N) is 4. The molecule has 3 heterocycles. The molecule has 1 saturated heterocycles. The van der Waals surface area contributed by atoms with Gasteiger partial charge >= 0.3 is 0 Å². The van der Waals surface area contributed by atoms with Gasteiger partial charge in [-0.1, -0.05) is 6.07 Å². The Balaban J connectivity index is 1.36. The fourth-order valence-electron chi connectivity index (χ4n) is 3.19. The van der Waals surface area contributed by atoms with Crippen LogP contribution in [0, 0.1) is 5.82 Å². The number of halogens is 1. The van der Waals surface area contributed by atoms with Gasteiger partial charge in [-0.2, -0.15) is 0 Å². The molecule has 0 spiro atoms. The molecule has 0 radical (unpaired) electrons. The summed E-state index contributed by atoms with van der Waals surface area (Å²) in [5.41, 5.74) is 1.56. The molecule has 10 heteroatoms. The number of imidazole rings is 1. The van der Waals surface area contributed by atoms with Crippen molar-refractivity contribution in [2.24, 2.45) is 0 Å². The Morgan fingerprint density at radius 3 is 2.60 bits per heavy atom. The van der Waals surface area contributed by atoms with E-state index in [1.165, 1.54) is 23.5 Å². The van der Waals surface area contributed by atoms with Crippen molar-refractivity contribution in [1.29, 1.82) is 0 Å². The fraction of sp³-hybridized carbons (Fsp3) is 0.250. The third-order valence-corrected chi connectivity index (χ3v) is 6.52. The summed E-state index contributed by atoms with van der Waals surface area (Å²) in [6.07, 6.45) is 6.25. The molecule has 0 aliphatic carbocycles. The second-order valence-corrected chi connectivity index (χ2v) is 9.29. The molecule has 1 fully saturated rings. The van der Waals surface area contributed by atoms with Crippen LogP contribution in [0.25, 0.3) is 5.69 Å². The Morgan fingerprint density at radius 1 is 1.17 bits per heavy atom. The Hall–Kier alpha value is -3.27. The Bertz CT molecular complexity index is 1130. The van der Waals surface area contributed by atoms with E-state index in [1.807, 2.05) is 6.07 Å². The number of carbonyl (C=O) groups is 1. The summed E-state index contributed by atoms with van der Waals surface area (Å²) in [5, 5.41) is 3.10. The minimum absolute atomic E-state index is 0.0119. The van der Waals surface area contributed by atoms with Gasteiger partial charge in [-0.15, -0.1) is 0 Å². The quantitative estimate of drug-likeness (QED) is 0.665. The van der Waals surface area contributed by atoms with Gasteiger partial charge in [0.25, 0.3) is 5.91 Å². The number of benzene rings is 1. The van der Waals surface area contributed by atoms with Gasteiger partial charge in [-0.3, -0.25) is 4.79 Å². The van der Waals surface area contributed by atoms with Crippen LogP contribution in [0.1, 0.15) is 15.9 Å². The summed E-state index contributed by atoms with van der Waals surface area (Å²) < 4.78 is 38.9. The molecule has 1 aliphatic heterocycles. The average molecular weight is 429 g/mol. The molecule has 1 amide bonds. The van der Waals surface area contributed by atoms with Gasteiger partial charge in [0.2, 0.25) is 0 Å². The van der Waals surface area contributed by atoms with E-state index in [0.717, 1.165) is 5.56 Å². The topological polar surface area (TPSA) is 97.2 Å². The standard InChI is InChI=1S/C20H20FN5O3S/c21-17-11-15(1-3-18(17)26-6-5-22-14-26)12-23-19-4-2-16(13-24-19)20(27)25-7-9-30(28,29)10-8-25/h1-6,11,13-14H,7-10,12H2,(H,23,24). The van der Waals surface area contributed by atoms with Crippen LogP contribution < -0.4 is 5.32 Å². The molecule has 0 unspecified atom stereocenters. The number of aromatic nitrogens is 3. The first-order valence-electron chi connectivity index (χ1n) is 9.38. The van der Waals surface area contributed by atoms with E-state index in [-0.39, 0.29) is 36.3 Å². The predicted octanol–water partition coefficient (Wildman–Crippen LogP) is 1.89. The third-order valence-electron chi connectivity index (χ3n) is 4.91. The van der Waals surface area contributed by atoms with Crippen molar-refractivity contribution in [3.8, 4) is 5.69 Å². The maximum atomic E-state index is 14.3. The lowest BCUT2D eigenvalue weighted by Gasteiger charge is -2.26. The third kappa shape index (κ3) is 4.48. The summed E-state index contributed by atoms with van der Waals surface area (Å²) in [6.45, 7) is 0.759. The summed E-state index contributed by atoms with van der Waals surface area (Å²) in [6, 6.07) is 8.26. The first-order valence-corrected chi connectivity index (χ1v) is 11.2. The molecule has 4 rings (SSSR count). The molecule has 1 aliphatic rings. The first-order chi connectivity index (χ1) is 14.4. The minimum atomic E-state index is -3.04. The van der Waals surface area contributed by atoms with Crippen molar-refractivity contribution in [1.82, 2.24) is 19.4 Å². The monoisotopic (exact) mass is 429 g/mol. The summed E-state index contributed by atoms with van der Waals surface area (Å²) >= 11 is 0. The highest BCUT2D eigenvalue weighted by atomic mass is 32.2. The molecule has 1 aromatic carbocycles. The molecule has 0 atom stereocenters. The summed E-state index contributed by atoms with van der Waals surface area (Å²) in [4.78, 5) is 22.2. The molecular weight excluding hydrogens is 409 g/mol. The SMILES string of the molecule is O=C(c1ccc(NCc2ccc(-n3ccnc3)c(F)c2)nc1)N1CCS(=O)(=O)CC1. The van der Waals surface area contributed by atoms with E-state index in [4.69, 9.17) is 0 Å².